The van der Waals surface area contributed by atoms with Crippen LogP contribution in [0.1, 0.15) is 12.5 Å². The molecule has 0 spiro atoms. The average Bonchev–Trinajstić information content (AvgIpc) is 2.18. The molecule has 0 bridgehead atoms. The number of hydrogen-bond acceptors (Lipinski definition) is 2. The van der Waals surface area contributed by atoms with Gasteiger partial charge in [-0.25, -0.2) is 13.6 Å². The van der Waals surface area contributed by atoms with Gasteiger partial charge in [0.05, 0.1) is 6.61 Å². The number of carboxylic acid groups (broad SMARTS) is 1. The molecule has 0 aliphatic heterocycles. The van der Waals surface area contributed by atoms with Crippen molar-refractivity contribution in [3.63, 3.8) is 0 Å². The third-order valence-corrected chi connectivity index (χ3v) is 1.84. The Morgan fingerprint density at radius 2 is 2.20 bits per heavy atom. The molecule has 0 saturated carbocycles. The van der Waals surface area contributed by atoms with Crippen LogP contribution in [0.25, 0.3) is 0 Å². The summed E-state index contributed by atoms with van der Waals surface area (Å²) in [7, 11) is 0. The molecule has 5 heteroatoms. The fourth-order valence-corrected chi connectivity index (χ4v) is 0.940. The lowest BCUT2D eigenvalue weighted by Gasteiger charge is -2.08. The number of ether oxygens (including phenoxy) is 1. The molecule has 1 atom stereocenters. The van der Waals surface area contributed by atoms with Crippen LogP contribution < -0.4 is 0 Å². The standard InChI is InChI=1S/C10H10F2O3/c1-6(10(13)14)15-5-7-4-8(11)2-3-9(7)12/h2-4,6H,5H2,1H3,(H,13,14)/t6-/m0/s1. The Morgan fingerprint density at radius 3 is 2.80 bits per heavy atom. The summed E-state index contributed by atoms with van der Waals surface area (Å²) in [5.41, 5.74) is 0.00287. The van der Waals surface area contributed by atoms with Gasteiger partial charge < -0.3 is 9.84 Å². The first-order valence-corrected chi connectivity index (χ1v) is 4.29. The van der Waals surface area contributed by atoms with E-state index in [2.05, 4.69) is 0 Å². The van der Waals surface area contributed by atoms with Gasteiger partial charge in [0.15, 0.2) is 6.10 Å². The lowest BCUT2D eigenvalue weighted by molar-refractivity contribution is -0.149. The first-order chi connectivity index (χ1) is 7.00. The molecule has 0 heterocycles. The summed E-state index contributed by atoms with van der Waals surface area (Å²) in [4.78, 5) is 10.4. The third-order valence-electron chi connectivity index (χ3n) is 1.84. The van der Waals surface area contributed by atoms with E-state index in [1.54, 1.807) is 0 Å². The van der Waals surface area contributed by atoms with Gasteiger partial charge in [0, 0.05) is 5.56 Å². The number of rotatable bonds is 4. The van der Waals surface area contributed by atoms with Crippen molar-refractivity contribution in [2.45, 2.75) is 19.6 Å². The molecule has 0 aliphatic carbocycles. The number of carbonyl (C=O) groups is 1. The minimum Gasteiger partial charge on any atom is -0.479 e. The molecule has 0 radical (unpaired) electrons. The molecule has 15 heavy (non-hydrogen) atoms. The van der Waals surface area contributed by atoms with Crippen LogP contribution >= 0.6 is 0 Å². The number of carboxylic acids is 1. The van der Waals surface area contributed by atoms with Gasteiger partial charge in [-0.05, 0) is 25.1 Å². The van der Waals surface area contributed by atoms with Crippen LogP contribution in [0, 0.1) is 11.6 Å². The van der Waals surface area contributed by atoms with Gasteiger partial charge in [-0.3, -0.25) is 0 Å². The van der Waals surface area contributed by atoms with Crippen LogP contribution in [0.4, 0.5) is 8.78 Å². The highest BCUT2D eigenvalue weighted by atomic mass is 19.1. The van der Waals surface area contributed by atoms with Gasteiger partial charge in [-0.15, -0.1) is 0 Å². The fourth-order valence-electron chi connectivity index (χ4n) is 0.940. The summed E-state index contributed by atoms with van der Waals surface area (Å²) < 4.78 is 30.5. The number of benzene rings is 1. The van der Waals surface area contributed by atoms with Gasteiger partial charge >= 0.3 is 5.97 Å². The molecule has 0 unspecified atom stereocenters. The number of aliphatic carboxylic acids is 1. The van der Waals surface area contributed by atoms with Crippen LogP contribution in [-0.2, 0) is 16.1 Å². The van der Waals surface area contributed by atoms with Crippen LogP contribution in [-0.4, -0.2) is 17.2 Å². The van der Waals surface area contributed by atoms with E-state index in [1.165, 1.54) is 6.92 Å². The molecule has 3 nitrogen and oxygen atoms in total. The van der Waals surface area contributed by atoms with Crippen molar-refractivity contribution >= 4 is 5.97 Å². The molecule has 0 aliphatic rings. The maximum absolute atomic E-state index is 13.0. The van der Waals surface area contributed by atoms with Gasteiger partial charge in [0.2, 0.25) is 0 Å². The first kappa shape index (κ1) is 11.6. The summed E-state index contributed by atoms with van der Waals surface area (Å²) >= 11 is 0. The van der Waals surface area contributed by atoms with E-state index < -0.39 is 23.7 Å². The third kappa shape index (κ3) is 3.28. The highest BCUT2D eigenvalue weighted by Gasteiger charge is 2.12. The molecule has 0 amide bonds. The minimum absolute atomic E-state index is 0.00287. The van der Waals surface area contributed by atoms with Gasteiger partial charge in [-0.1, -0.05) is 0 Å². The van der Waals surface area contributed by atoms with E-state index in [-0.39, 0.29) is 12.2 Å². The van der Waals surface area contributed by atoms with Crippen LogP contribution in [0.5, 0.6) is 0 Å². The molecule has 1 aromatic rings. The zero-order chi connectivity index (χ0) is 11.4. The predicted molar refractivity (Wildman–Crippen MR) is 48.2 cm³/mol. The highest BCUT2D eigenvalue weighted by Crippen LogP contribution is 2.11. The summed E-state index contributed by atoms with van der Waals surface area (Å²) in [6, 6.07) is 2.93. The van der Waals surface area contributed by atoms with E-state index in [4.69, 9.17) is 9.84 Å². The molecule has 82 valence electrons. The van der Waals surface area contributed by atoms with Crippen molar-refractivity contribution in [1.29, 1.82) is 0 Å². The van der Waals surface area contributed by atoms with Crippen molar-refractivity contribution in [3.05, 3.63) is 35.4 Å². The topological polar surface area (TPSA) is 46.5 Å². The number of halogens is 2. The van der Waals surface area contributed by atoms with E-state index in [0.29, 0.717) is 0 Å². The SMILES string of the molecule is C[C@H](OCc1cc(F)ccc1F)C(=O)O. The van der Waals surface area contributed by atoms with Crippen LogP contribution in [0.3, 0.4) is 0 Å². The smallest absolute Gasteiger partial charge is 0.332 e. The lowest BCUT2D eigenvalue weighted by atomic mass is 10.2. The molecular formula is C10H10F2O3. The summed E-state index contributed by atoms with van der Waals surface area (Å²) in [5.74, 6) is -2.35. The Kier molecular flexibility index (Phi) is 3.74. The summed E-state index contributed by atoms with van der Waals surface area (Å²) in [5, 5.41) is 8.49. The molecule has 1 N–H and O–H groups in total. The van der Waals surface area contributed by atoms with E-state index in [1.807, 2.05) is 0 Å². The molecule has 1 aromatic carbocycles. The largest absolute Gasteiger partial charge is 0.479 e. The number of hydrogen-bond donors (Lipinski definition) is 1. The van der Waals surface area contributed by atoms with Crippen LogP contribution in [0.15, 0.2) is 18.2 Å². The Morgan fingerprint density at radius 1 is 1.53 bits per heavy atom. The Labute approximate surface area is 85.3 Å². The zero-order valence-electron chi connectivity index (χ0n) is 8.04. The highest BCUT2D eigenvalue weighted by molar-refractivity contribution is 5.71. The Balaban J connectivity index is 2.65. The fraction of sp³-hybridized carbons (Fsp3) is 0.300. The van der Waals surface area contributed by atoms with Crippen molar-refractivity contribution in [1.82, 2.24) is 0 Å². The second kappa shape index (κ2) is 4.84. The van der Waals surface area contributed by atoms with E-state index in [0.717, 1.165) is 18.2 Å². The van der Waals surface area contributed by atoms with Crippen molar-refractivity contribution in [2.24, 2.45) is 0 Å². The lowest BCUT2D eigenvalue weighted by Crippen LogP contribution is -2.19. The van der Waals surface area contributed by atoms with Gasteiger partial charge in [-0.2, -0.15) is 0 Å². The van der Waals surface area contributed by atoms with Gasteiger partial charge in [0.1, 0.15) is 11.6 Å². The van der Waals surface area contributed by atoms with Crippen molar-refractivity contribution in [3.8, 4) is 0 Å². The first-order valence-electron chi connectivity index (χ1n) is 4.29. The zero-order valence-corrected chi connectivity index (χ0v) is 8.04. The van der Waals surface area contributed by atoms with Crippen molar-refractivity contribution < 1.29 is 23.4 Å². The van der Waals surface area contributed by atoms with E-state index in [9.17, 15) is 13.6 Å². The normalized spacial score (nSPS) is 12.5. The Hall–Kier alpha value is -1.49. The summed E-state index contributed by atoms with van der Waals surface area (Å²) in [6.07, 6.45) is -1.05. The molecule has 0 aromatic heterocycles. The molecule has 0 saturated heterocycles. The van der Waals surface area contributed by atoms with Gasteiger partial charge in [0.25, 0.3) is 0 Å². The Bertz CT molecular complexity index is 366. The summed E-state index contributed by atoms with van der Waals surface area (Å²) in [6.45, 7) is 1.05. The second-order valence-electron chi connectivity index (χ2n) is 3.03. The monoisotopic (exact) mass is 216 g/mol. The predicted octanol–water partition coefficient (Wildman–Crippen LogP) is 1.95. The molecular weight excluding hydrogens is 206 g/mol. The van der Waals surface area contributed by atoms with Crippen molar-refractivity contribution in [2.75, 3.05) is 0 Å². The average molecular weight is 216 g/mol. The van der Waals surface area contributed by atoms with E-state index >= 15 is 0 Å². The molecule has 1 rings (SSSR count). The maximum Gasteiger partial charge on any atom is 0.332 e. The minimum atomic E-state index is -1.15. The second-order valence-corrected chi connectivity index (χ2v) is 3.03. The molecule has 0 fully saturated rings. The quantitative estimate of drug-likeness (QED) is 0.836. The maximum atomic E-state index is 13.0. The van der Waals surface area contributed by atoms with Crippen LogP contribution in [0.2, 0.25) is 0 Å².